The van der Waals surface area contributed by atoms with E-state index in [9.17, 15) is 8.78 Å². The molecule has 2 aliphatic carbocycles. The van der Waals surface area contributed by atoms with E-state index in [2.05, 4.69) is 34.0 Å². The van der Waals surface area contributed by atoms with Crippen molar-refractivity contribution in [3.63, 3.8) is 0 Å². The van der Waals surface area contributed by atoms with Crippen LogP contribution in [0, 0.1) is 17.0 Å². The largest absolute Gasteiger partial charge is 0.476 e. The topological polar surface area (TPSA) is 60.8 Å². The Morgan fingerprint density at radius 2 is 1.93 bits per heavy atom. The van der Waals surface area contributed by atoms with Crippen LogP contribution in [0.4, 0.5) is 8.78 Å². The average Bonchev–Trinajstić information content (AvgIpc) is 3.08. The molecule has 0 saturated heterocycles. The van der Waals surface area contributed by atoms with Crippen molar-refractivity contribution in [3.05, 3.63) is 65.7 Å². The van der Waals surface area contributed by atoms with Crippen LogP contribution in [0.15, 0.2) is 42.9 Å². The molecule has 2 aliphatic rings. The lowest BCUT2D eigenvalue weighted by atomic mass is 9.69. The van der Waals surface area contributed by atoms with E-state index in [0.29, 0.717) is 12.5 Å². The van der Waals surface area contributed by atoms with Gasteiger partial charge in [0.25, 0.3) is 0 Å². The lowest BCUT2D eigenvalue weighted by molar-refractivity contribution is 0.118. The van der Waals surface area contributed by atoms with Crippen LogP contribution in [-0.4, -0.2) is 26.8 Å². The Hall–Kier alpha value is -2.96. The fourth-order valence-electron chi connectivity index (χ4n) is 5.17. The summed E-state index contributed by atoms with van der Waals surface area (Å²) in [6, 6.07) is 5.62. The normalized spacial score (nSPS) is 23.8. The molecule has 0 N–H and O–H groups in total. The zero-order valence-corrected chi connectivity index (χ0v) is 16.2. The first-order valence-corrected chi connectivity index (χ1v) is 9.65. The molecule has 0 unspecified atom stereocenters. The van der Waals surface area contributed by atoms with E-state index >= 15 is 0 Å². The molecule has 5 nitrogen and oxygen atoms in total. The third-order valence-corrected chi connectivity index (χ3v) is 6.84. The first kappa shape index (κ1) is 18.1. The van der Waals surface area contributed by atoms with Gasteiger partial charge in [0.1, 0.15) is 18.2 Å². The summed E-state index contributed by atoms with van der Waals surface area (Å²) in [5, 5.41) is 8.69. The quantitative estimate of drug-likeness (QED) is 0.654. The van der Waals surface area contributed by atoms with Crippen LogP contribution in [0.3, 0.4) is 0 Å². The van der Waals surface area contributed by atoms with Gasteiger partial charge in [-0.25, -0.2) is 13.8 Å². The number of fused-ring (bicyclic) bond motifs is 5. The summed E-state index contributed by atoms with van der Waals surface area (Å²) in [4.78, 5) is 8.24. The van der Waals surface area contributed by atoms with Gasteiger partial charge in [-0.3, -0.25) is 4.98 Å². The lowest BCUT2D eigenvalue weighted by Crippen LogP contribution is -2.41. The van der Waals surface area contributed by atoms with Gasteiger partial charge in [-0.05, 0) is 47.9 Å². The van der Waals surface area contributed by atoms with Crippen molar-refractivity contribution in [2.75, 3.05) is 6.61 Å². The Balaban J connectivity index is 1.57. The molecule has 29 heavy (non-hydrogen) atoms. The zero-order chi connectivity index (χ0) is 20.2. The van der Waals surface area contributed by atoms with Crippen molar-refractivity contribution in [1.29, 1.82) is 0 Å². The second-order valence-corrected chi connectivity index (χ2v) is 8.36. The zero-order valence-electron chi connectivity index (χ0n) is 16.2. The number of hydrogen-bond donors (Lipinski definition) is 0. The number of ether oxygens (including phenoxy) is 1. The molecule has 0 spiro atoms. The van der Waals surface area contributed by atoms with E-state index in [0.717, 1.165) is 24.1 Å². The van der Waals surface area contributed by atoms with Gasteiger partial charge >= 0.3 is 0 Å². The van der Waals surface area contributed by atoms with Gasteiger partial charge in [-0.1, -0.05) is 19.9 Å². The highest BCUT2D eigenvalue weighted by Gasteiger charge is 2.64. The number of benzene rings is 1. The molecular weight excluding hydrogens is 374 g/mol. The minimum atomic E-state index is -0.637. The maximum atomic E-state index is 14.3. The molecule has 2 aromatic heterocycles. The number of nitrogens with zero attached hydrogens (tertiary/aromatic N) is 4. The predicted octanol–water partition coefficient (Wildman–Crippen LogP) is 4.45. The Morgan fingerprint density at radius 3 is 2.66 bits per heavy atom. The van der Waals surface area contributed by atoms with Crippen LogP contribution in [0.25, 0.3) is 11.3 Å². The number of hydrogen-bond acceptors (Lipinski definition) is 5. The molecule has 7 heteroatoms. The molecule has 1 aromatic carbocycles. The van der Waals surface area contributed by atoms with Crippen molar-refractivity contribution in [2.24, 2.45) is 5.41 Å². The molecule has 0 radical (unpaired) electrons. The van der Waals surface area contributed by atoms with Gasteiger partial charge in [-0.15, -0.1) is 5.10 Å². The summed E-state index contributed by atoms with van der Waals surface area (Å²) < 4.78 is 34.5. The molecule has 0 aliphatic heterocycles. The maximum Gasteiger partial charge on any atom is 0.232 e. The van der Waals surface area contributed by atoms with Crippen LogP contribution in [0.2, 0.25) is 0 Å². The Kier molecular flexibility index (Phi) is 3.91. The average molecular weight is 394 g/mol. The van der Waals surface area contributed by atoms with Gasteiger partial charge in [0.15, 0.2) is 0 Å². The Labute approximate surface area is 167 Å². The van der Waals surface area contributed by atoms with E-state index in [-0.39, 0.29) is 28.0 Å². The third-order valence-electron chi connectivity index (χ3n) is 6.84. The molecule has 2 heterocycles. The van der Waals surface area contributed by atoms with Gasteiger partial charge in [-0.2, -0.15) is 5.10 Å². The molecule has 1 saturated carbocycles. The van der Waals surface area contributed by atoms with Crippen molar-refractivity contribution in [1.82, 2.24) is 20.2 Å². The van der Waals surface area contributed by atoms with Crippen LogP contribution in [0.1, 0.15) is 43.9 Å². The number of aromatic nitrogens is 4. The summed E-state index contributed by atoms with van der Waals surface area (Å²) in [6.07, 6.45) is 6.66. The van der Waals surface area contributed by atoms with Crippen molar-refractivity contribution >= 4 is 0 Å². The Morgan fingerprint density at radius 1 is 1.14 bits per heavy atom. The van der Waals surface area contributed by atoms with Gasteiger partial charge in [0, 0.05) is 12.4 Å². The fourth-order valence-corrected chi connectivity index (χ4v) is 5.17. The molecule has 1 fully saturated rings. The molecule has 3 aromatic rings. The number of rotatable bonds is 4. The van der Waals surface area contributed by atoms with Crippen LogP contribution >= 0.6 is 0 Å². The highest BCUT2D eigenvalue weighted by molar-refractivity contribution is 5.63. The van der Waals surface area contributed by atoms with E-state index < -0.39 is 11.6 Å². The summed E-state index contributed by atoms with van der Waals surface area (Å²) in [5.41, 5.74) is 1.52. The van der Waals surface area contributed by atoms with Gasteiger partial charge < -0.3 is 4.74 Å². The van der Waals surface area contributed by atoms with E-state index in [4.69, 9.17) is 4.74 Å². The molecule has 2 bridgehead atoms. The third kappa shape index (κ3) is 2.49. The van der Waals surface area contributed by atoms with Gasteiger partial charge in [0.2, 0.25) is 5.88 Å². The standard InChI is InChI=1S/C22H20F2N4O/c1-21(2)14-6-7-22(21,12-29-18-11-25-8-9-26-18)20-13(14)10-17(27-28-20)19-15(23)4-3-5-16(19)24/h3-5,8-11,14H,6-7,12H2,1-2H3/t14-,22-/m0/s1. The molecule has 5 rings (SSSR count). The van der Waals surface area contributed by atoms with Crippen LogP contribution < -0.4 is 4.74 Å². The molecule has 2 atom stereocenters. The molecular formula is C22H20F2N4O. The predicted molar refractivity (Wildman–Crippen MR) is 102 cm³/mol. The second kappa shape index (κ2) is 6.27. The maximum absolute atomic E-state index is 14.3. The summed E-state index contributed by atoms with van der Waals surface area (Å²) in [7, 11) is 0. The minimum absolute atomic E-state index is 0.126. The van der Waals surface area contributed by atoms with E-state index in [1.165, 1.54) is 18.2 Å². The second-order valence-electron chi connectivity index (χ2n) is 8.36. The van der Waals surface area contributed by atoms with Gasteiger partial charge in [0.05, 0.1) is 28.6 Å². The summed E-state index contributed by atoms with van der Waals surface area (Å²) in [6.45, 7) is 4.82. The smallest absolute Gasteiger partial charge is 0.232 e. The molecule has 148 valence electrons. The van der Waals surface area contributed by atoms with Crippen molar-refractivity contribution in [2.45, 2.75) is 38.0 Å². The van der Waals surface area contributed by atoms with E-state index in [1.807, 2.05) is 0 Å². The van der Waals surface area contributed by atoms with Crippen molar-refractivity contribution in [3.8, 4) is 17.1 Å². The van der Waals surface area contributed by atoms with Crippen LogP contribution in [0.5, 0.6) is 5.88 Å². The first-order chi connectivity index (χ1) is 13.9. The van der Waals surface area contributed by atoms with Crippen LogP contribution in [-0.2, 0) is 5.41 Å². The van der Waals surface area contributed by atoms with Crippen molar-refractivity contribution < 1.29 is 13.5 Å². The minimum Gasteiger partial charge on any atom is -0.476 e. The highest BCUT2D eigenvalue weighted by atomic mass is 19.1. The summed E-state index contributed by atoms with van der Waals surface area (Å²) in [5.74, 6) is -0.579. The molecule has 0 amide bonds. The Bertz CT molecular complexity index is 1070. The van der Waals surface area contributed by atoms with E-state index in [1.54, 1.807) is 24.7 Å². The monoisotopic (exact) mass is 394 g/mol. The highest BCUT2D eigenvalue weighted by Crippen LogP contribution is 2.67. The first-order valence-electron chi connectivity index (χ1n) is 9.65. The fraction of sp³-hybridized carbons (Fsp3) is 0.364. The SMILES string of the molecule is CC1(C)[C@H]2CC[C@]1(COc1cnccn1)c1nnc(-c3c(F)cccc3F)cc12. The number of halogens is 2. The summed E-state index contributed by atoms with van der Waals surface area (Å²) >= 11 is 0. The lowest BCUT2D eigenvalue weighted by Gasteiger charge is -2.37.